The summed E-state index contributed by atoms with van der Waals surface area (Å²) in [4.78, 5) is 0. The molecule has 1 aliphatic heterocycles. The normalized spacial score (nSPS) is 22.6. The van der Waals surface area contributed by atoms with Gasteiger partial charge in [0.05, 0.1) is 25.1 Å². The molecule has 1 heterocycles. The van der Waals surface area contributed by atoms with Crippen LogP contribution in [0.1, 0.15) is 27.7 Å². The van der Waals surface area contributed by atoms with Gasteiger partial charge in [0, 0.05) is 31.1 Å². The van der Waals surface area contributed by atoms with Gasteiger partial charge in [-0.25, -0.2) is 0 Å². The van der Waals surface area contributed by atoms with Crippen molar-refractivity contribution in [1.82, 2.24) is 0 Å². The first kappa shape index (κ1) is 35.4. The molecule has 2 aromatic rings. The number of hydrogen-bond acceptors (Lipinski definition) is 8. The molecular weight excluding hydrogens is 816 g/mol. The summed E-state index contributed by atoms with van der Waals surface area (Å²) in [6.45, 7) is 7.24. The van der Waals surface area contributed by atoms with Gasteiger partial charge in [0.15, 0.2) is 0 Å². The van der Waals surface area contributed by atoms with E-state index in [1.165, 1.54) is 6.92 Å². The number of hydrogen-bond donors (Lipinski definition) is 0. The van der Waals surface area contributed by atoms with Gasteiger partial charge < -0.3 is 9.16 Å². The Morgan fingerprint density at radius 2 is 1.40 bits per heavy atom. The molecule has 0 aliphatic carbocycles. The number of benzene rings is 2. The fourth-order valence-corrected chi connectivity index (χ4v) is 10.2. The van der Waals surface area contributed by atoms with E-state index >= 15 is 0 Å². The molecule has 0 amide bonds. The minimum absolute atomic E-state index is 0. The van der Waals surface area contributed by atoms with E-state index in [-0.39, 0.29) is 37.7 Å². The molecule has 40 heavy (non-hydrogen) atoms. The largest absolute Gasteiger partial charge is 0.541 e. The van der Waals surface area contributed by atoms with E-state index in [1.807, 2.05) is 81.4 Å². The van der Waals surface area contributed by atoms with Crippen molar-refractivity contribution in [2.45, 2.75) is 49.9 Å². The van der Waals surface area contributed by atoms with Crippen molar-refractivity contribution >= 4 is 38.9 Å². The standard InChI is InChI=1S/C25H32F3O8S2Si.U/c1-19-22(36-38(31,32)25(26,27)28)16-33-24(19,17-34-37(5,29)30)18-35-39(23(2,3)4,20-12-8-6-9-13-20)21-14-10-7-11-15-21;/h6-16,19,22H,17-18H2,1-5H3;/q-1;/t19-,22+,24+;/m0./s1. The smallest absolute Gasteiger partial charge is 0.522 e. The third-order valence-corrected chi connectivity index (χ3v) is 13.3. The summed E-state index contributed by atoms with van der Waals surface area (Å²) in [7, 11) is -13.2. The van der Waals surface area contributed by atoms with Crippen LogP contribution in [0.4, 0.5) is 13.2 Å². The Bertz CT molecular complexity index is 1300. The molecule has 0 N–H and O–H groups in total. The molecular formula is C25H32F3O8S2SiU-. The first-order valence-electron chi connectivity index (χ1n) is 11.9. The molecule has 0 saturated carbocycles. The summed E-state index contributed by atoms with van der Waals surface area (Å²) in [5.74, 6) is -1.12. The van der Waals surface area contributed by atoms with E-state index in [4.69, 9.17) is 13.3 Å². The molecule has 8 nitrogen and oxygen atoms in total. The molecule has 0 aromatic heterocycles. The number of ether oxygens (including phenoxy) is 1. The van der Waals surface area contributed by atoms with E-state index in [0.29, 0.717) is 0 Å². The Kier molecular flexibility index (Phi) is 11.4. The molecule has 222 valence electrons. The molecule has 3 atom stereocenters. The van der Waals surface area contributed by atoms with Crippen molar-refractivity contribution in [1.29, 1.82) is 0 Å². The average Bonchev–Trinajstić information content (AvgIpc) is 3.12. The van der Waals surface area contributed by atoms with Crippen LogP contribution in [0.25, 0.3) is 0 Å². The molecule has 1 fully saturated rings. The van der Waals surface area contributed by atoms with Crippen LogP contribution in [0.15, 0.2) is 60.7 Å². The second-order valence-corrected chi connectivity index (χ2v) is 18.0. The van der Waals surface area contributed by atoms with Crippen LogP contribution in [-0.2, 0) is 37.8 Å². The SMILES string of the molecule is C[C@H]1[C@H](OS(=O)(=O)C(F)(F)F)[CH-]O[C@@]1(CO[Si](c1ccccc1)(c1ccccc1)C(C)(C)C)COS(C)(=O)=O.[U]. The van der Waals surface area contributed by atoms with Crippen molar-refractivity contribution < 1.29 is 78.6 Å². The summed E-state index contributed by atoms with van der Waals surface area (Å²) in [6.07, 6.45) is -0.864. The van der Waals surface area contributed by atoms with Crippen molar-refractivity contribution in [2.24, 2.45) is 5.92 Å². The van der Waals surface area contributed by atoms with Gasteiger partial charge >= 0.3 is 15.6 Å². The maximum atomic E-state index is 13.0. The van der Waals surface area contributed by atoms with Gasteiger partial charge in [-0.3, -0.25) is 8.37 Å². The first-order valence-corrected chi connectivity index (χ1v) is 17.1. The Balaban J connectivity index is 0.00000560. The maximum Gasteiger partial charge on any atom is 0.522 e. The van der Waals surface area contributed by atoms with Crippen LogP contribution < -0.4 is 10.4 Å². The van der Waals surface area contributed by atoms with Gasteiger partial charge in [0.1, 0.15) is 0 Å². The van der Waals surface area contributed by atoms with E-state index in [9.17, 15) is 30.0 Å². The van der Waals surface area contributed by atoms with E-state index < -0.39 is 63.3 Å². The Morgan fingerprint density at radius 1 is 0.925 bits per heavy atom. The molecule has 2 aromatic carbocycles. The topological polar surface area (TPSA) is 105 Å². The Labute approximate surface area is 258 Å². The van der Waals surface area contributed by atoms with Crippen molar-refractivity contribution in [3.8, 4) is 0 Å². The number of rotatable bonds is 10. The third-order valence-electron chi connectivity index (χ3n) is 6.75. The fourth-order valence-electron chi connectivity index (χ4n) is 4.61. The molecule has 1 saturated heterocycles. The zero-order chi connectivity index (χ0) is 29.3. The minimum Gasteiger partial charge on any atom is -0.541 e. The molecule has 15 heteroatoms. The van der Waals surface area contributed by atoms with Gasteiger partial charge in [-0.2, -0.15) is 36.6 Å². The fraction of sp³-hybridized carbons (Fsp3) is 0.480. The zero-order valence-corrected chi connectivity index (χ0v) is 29.4. The van der Waals surface area contributed by atoms with Gasteiger partial charge in [-0.05, 0) is 27.4 Å². The second-order valence-electron chi connectivity index (χ2n) is 10.5. The van der Waals surface area contributed by atoms with Crippen molar-refractivity contribution in [3.05, 3.63) is 67.3 Å². The maximum absolute atomic E-state index is 13.0. The van der Waals surface area contributed by atoms with Crippen LogP contribution in [0.2, 0.25) is 5.04 Å². The van der Waals surface area contributed by atoms with E-state index in [0.717, 1.165) is 23.2 Å². The summed E-state index contributed by atoms with van der Waals surface area (Å²) in [6, 6.07) is 18.9. The van der Waals surface area contributed by atoms with Gasteiger partial charge in [-0.1, -0.05) is 88.4 Å². The molecule has 3 rings (SSSR count). The summed E-state index contributed by atoms with van der Waals surface area (Å²) >= 11 is 0. The number of halogens is 3. The van der Waals surface area contributed by atoms with Crippen LogP contribution in [0, 0.1) is 43.6 Å². The average molecular weight is 848 g/mol. The van der Waals surface area contributed by atoms with Crippen molar-refractivity contribution in [2.75, 3.05) is 19.5 Å². The first-order chi connectivity index (χ1) is 17.8. The zero-order valence-electron chi connectivity index (χ0n) is 22.6. The molecule has 0 unspecified atom stereocenters. The number of alkyl halides is 3. The quantitative estimate of drug-likeness (QED) is 0.156. The summed E-state index contributed by atoms with van der Waals surface area (Å²) < 4.78 is 108. The molecule has 1 aliphatic rings. The molecule has 0 radical (unpaired) electrons. The summed E-state index contributed by atoms with van der Waals surface area (Å²) in [5, 5.41) is 1.30. The predicted octanol–water partition coefficient (Wildman–Crippen LogP) is 3.34. The van der Waals surface area contributed by atoms with Gasteiger partial charge in [0.2, 0.25) is 0 Å². The van der Waals surface area contributed by atoms with Gasteiger partial charge in [0.25, 0.3) is 18.4 Å². The summed E-state index contributed by atoms with van der Waals surface area (Å²) in [5.41, 5.74) is -7.34. The Morgan fingerprint density at radius 3 is 1.80 bits per heavy atom. The van der Waals surface area contributed by atoms with Crippen LogP contribution in [-0.4, -0.2) is 61.8 Å². The van der Waals surface area contributed by atoms with Crippen LogP contribution in [0.3, 0.4) is 0 Å². The monoisotopic (exact) mass is 847 g/mol. The predicted molar refractivity (Wildman–Crippen MR) is 141 cm³/mol. The van der Waals surface area contributed by atoms with Crippen LogP contribution >= 0.6 is 0 Å². The van der Waals surface area contributed by atoms with Crippen LogP contribution in [0.5, 0.6) is 0 Å². The van der Waals surface area contributed by atoms with E-state index in [1.54, 1.807) is 0 Å². The molecule has 0 bridgehead atoms. The van der Waals surface area contributed by atoms with Crippen molar-refractivity contribution in [3.63, 3.8) is 0 Å². The minimum atomic E-state index is -5.96. The second kappa shape index (κ2) is 12.8. The van der Waals surface area contributed by atoms with E-state index in [2.05, 4.69) is 4.18 Å². The Hall–Kier alpha value is -0.761. The molecule has 0 spiro atoms. The van der Waals surface area contributed by atoms with Gasteiger partial charge in [-0.15, -0.1) is 0 Å². The third kappa shape index (κ3) is 7.60.